The van der Waals surface area contributed by atoms with Crippen LogP contribution in [0.5, 0.6) is 0 Å². The second-order valence-electron chi connectivity index (χ2n) is 4.59. The van der Waals surface area contributed by atoms with Gasteiger partial charge in [-0.2, -0.15) is 4.98 Å². The summed E-state index contributed by atoms with van der Waals surface area (Å²) in [4.78, 5) is 10.2. The van der Waals surface area contributed by atoms with E-state index < -0.39 is 0 Å². The van der Waals surface area contributed by atoms with Crippen molar-refractivity contribution < 1.29 is 4.74 Å². The maximum Gasteiger partial charge on any atom is 0.223 e. The number of rotatable bonds is 2. The highest BCUT2D eigenvalue weighted by atomic mass is 35.5. The van der Waals surface area contributed by atoms with Crippen LogP contribution in [0.25, 0.3) is 0 Å². The van der Waals surface area contributed by atoms with Gasteiger partial charge in [-0.15, -0.1) is 0 Å². The number of hydrogen-bond donors (Lipinski definition) is 1. The minimum Gasteiger partial charge on any atom is -0.377 e. The zero-order chi connectivity index (χ0) is 12.5. The van der Waals surface area contributed by atoms with Gasteiger partial charge in [0.05, 0.1) is 5.60 Å². The van der Waals surface area contributed by atoms with E-state index in [0.717, 1.165) is 31.7 Å². The van der Waals surface area contributed by atoms with Gasteiger partial charge in [-0.05, 0) is 19.8 Å². The third-order valence-corrected chi connectivity index (χ3v) is 3.37. The lowest BCUT2D eigenvalue weighted by Gasteiger charge is -2.40. The Morgan fingerprint density at radius 1 is 1.53 bits per heavy atom. The number of ether oxygens (including phenoxy) is 1. The van der Waals surface area contributed by atoms with Gasteiger partial charge < -0.3 is 15.4 Å². The predicted molar refractivity (Wildman–Crippen MR) is 68.3 cm³/mol. The summed E-state index contributed by atoms with van der Waals surface area (Å²) in [5.41, 5.74) is 5.47. The predicted octanol–water partition coefficient (Wildman–Crippen LogP) is 1.72. The van der Waals surface area contributed by atoms with E-state index in [1.165, 1.54) is 0 Å². The third-order valence-electron chi connectivity index (χ3n) is 3.17. The number of methoxy groups -OCH3 is 1. The van der Waals surface area contributed by atoms with Gasteiger partial charge in [0.25, 0.3) is 0 Å². The minimum atomic E-state index is -0.134. The molecule has 1 aromatic heterocycles. The second kappa shape index (κ2) is 4.66. The van der Waals surface area contributed by atoms with Gasteiger partial charge in [0.2, 0.25) is 5.95 Å². The lowest BCUT2D eigenvalue weighted by atomic mass is 9.95. The fourth-order valence-corrected chi connectivity index (χ4v) is 2.34. The van der Waals surface area contributed by atoms with Gasteiger partial charge in [-0.1, -0.05) is 11.6 Å². The quantitative estimate of drug-likeness (QED) is 0.817. The van der Waals surface area contributed by atoms with Crippen LogP contribution in [0.1, 0.15) is 19.8 Å². The topological polar surface area (TPSA) is 64.3 Å². The maximum atomic E-state index is 5.89. The molecule has 2 N–H and O–H groups in total. The zero-order valence-electron chi connectivity index (χ0n) is 10.1. The van der Waals surface area contributed by atoms with Gasteiger partial charge in [-0.25, -0.2) is 4.98 Å². The number of anilines is 2. The molecule has 17 heavy (non-hydrogen) atoms. The Hall–Kier alpha value is -1.07. The van der Waals surface area contributed by atoms with Crippen LogP contribution in [-0.4, -0.2) is 35.8 Å². The van der Waals surface area contributed by atoms with Crippen LogP contribution in [0.4, 0.5) is 11.8 Å². The first-order chi connectivity index (χ1) is 8.02. The molecule has 0 amide bonds. The molecular formula is C11H17ClN4O. The monoisotopic (exact) mass is 256 g/mol. The van der Waals surface area contributed by atoms with Crippen molar-refractivity contribution in [2.75, 3.05) is 30.8 Å². The Balaban J connectivity index is 2.21. The van der Waals surface area contributed by atoms with Crippen molar-refractivity contribution in [3.05, 3.63) is 11.2 Å². The zero-order valence-corrected chi connectivity index (χ0v) is 10.9. The molecule has 1 unspecified atom stereocenters. The molecule has 1 atom stereocenters. The molecule has 1 aliphatic heterocycles. The number of halogens is 1. The molecule has 0 saturated carbocycles. The van der Waals surface area contributed by atoms with Gasteiger partial charge in [-0.3, -0.25) is 0 Å². The van der Waals surface area contributed by atoms with Crippen LogP contribution in [0.3, 0.4) is 0 Å². The van der Waals surface area contributed by atoms with Crippen LogP contribution < -0.4 is 10.6 Å². The first kappa shape index (κ1) is 12.4. The first-order valence-corrected chi connectivity index (χ1v) is 6.00. The number of nitrogen functional groups attached to an aromatic ring is 1. The molecular weight excluding hydrogens is 240 g/mol. The molecule has 94 valence electrons. The van der Waals surface area contributed by atoms with Crippen LogP contribution >= 0.6 is 11.6 Å². The highest BCUT2D eigenvalue weighted by Gasteiger charge is 2.31. The standard InChI is InChI=1S/C11H17ClN4O/c1-11(17-2)4-3-5-16(7-11)9-6-8(12)14-10(13)15-9/h6H,3-5,7H2,1-2H3,(H2,13,14,15). The minimum absolute atomic E-state index is 0.134. The Bertz CT molecular complexity index is 394. The largest absolute Gasteiger partial charge is 0.377 e. The van der Waals surface area contributed by atoms with Gasteiger partial charge >= 0.3 is 0 Å². The number of aromatic nitrogens is 2. The van der Waals surface area contributed by atoms with Gasteiger partial charge in [0.1, 0.15) is 11.0 Å². The van der Waals surface area contributed by atoms with E-state index in [1.54, 1.807) is 13.2 Å². The Morgan fingerprint density at radius 3 is 2.94 bits per heavy atom. The molecule has 5 nitrogen and oxygen atoms in total. The number of piperidine rings is 1. The summed E-state index contributed by atoms with van der Waals surface area (Å²) in [7, 11) is 1.74. The Morgan fingerprint density at radius 2 is 2.29 bits per heavy atom. The van der Waals surface area contributed by atoms with Crippen molar-refractivity contribution in [3.63, 3.8) is 0 Å². The Kier molecular flexibility index (Phi) is 3.40. The van der Waals surface area contributed by atoms with E-state index >= 15 is 0 Å². The molecule has 1 fully saturated rings. The summed E-state index contributed by atoms with van der Waals surface area (Å²) in [6.45, 7) is 3.83. The summed E-state index contributed by atoms with van der Waals surface area (Å²) in [6, 6.07) is 1.74. The highest BCUT2D eigenvalue weighted by molar-refractivity contribution is 6.29. The van der Waals surface area contributed by atoms with E-state index in [0.29, 0.717) is 5.15 Å². The SMILES string of the molecule is COC1(C)CCCN(c2cc(Cl)nc(N)n2)C1. The van der Waals surface area contributed by atoms with Crippen molar-refractivity contribution >= 4 is 23.4 Å². The molecule has 6 heteroatoms. The summed E-state index contributed by atoms with van der Waals surface area (Å²) >= 11 is 5.89. The van der Waals surface area contributed by atoms with Crippen LogP contribution in [0.2, 0.25) is 5.15 Å². The molecule has 0 aromatic carbocycles. The number of hydrogen-bond acceptors (Lipinski definition) is 5. The molecule has 0 spiro atoms. The van der Waals surface area contributed by atoms with E-state index in [-0.39, 0.29) is 11.5 Å². The molecule has 0 radical (unpaired) electrons. The van der Waals surface area contributed by atoms with Crippen molar-refractivity contribution in [1.82, 2.24) is 9.97 Å². The average Bonchev–Trinajstić information content (AvgIpc) is 2.28. The molecule has 1 saturated heterocycles. The average molecular weight is 257 g/mol. The molecule has 1 aliphatic rings. The van der Waals surface area contributed by atoms with Gasteiger partial charge in [0, 0.05) is 26.3 Å². The smallest absolute Gasteiger partial charge is 0.223 e. The molecule has 0 aliphatic carbocycles. The van der Waals surface area contributed by atoms with Gasteiger partial charge in [0.15, 0.2) is 0 Å². The van der Waals surface area contributed by atoms with Crippen molar-refractivity contribution in [3.8, 4) is 0 Å². The number of nitrogens with two attached hydrogens (primary N) is 1. The highest BCUT2D eigenvalue weighted by Crippen LogP contribution is 2.28. The molecule has 1 aromatic rings. The number of nitrogens with zero attached hydrogens (tertiary/aromatic N) is 3. The molecule has 2 heterocycles. The maximum absolute atomic E-state index is 5.89. The lowest BCUT2D eigenvalue weighted by Crippen LogP contribution is -2.47. The Labute approximate surface area is 106 Å². The van der Waals surface area contributed by atoms with E-state index in [1.807, 2.05) is 0 Å². The van der Waals surface area contributed by atoms with Crippen LogP contribution in [0.15, 0.2) is 6.07 Å². The van der Waals surface area contributed by atoms with Crippen LogP contribution in [-0.2, 0) is 4.74 Å². The normalized spacial score (nSPS) is 25.0. The molecule has 0 bridgehead atoms. The van der Waals surface area contributed by atoms with Crippen molar-refractivity contribution in [2.45, 2.75) is 25.4 Å². The second-order valence-corrected chi connectivity index (χ2v) is 4.97. The lowest BCUT2D eigenvalue weighted by molar-refractivity contribution is -0.00481. The van der Waals surface area contributed by atoms with Crippen molar-refractivity contribution in [1.29, 1.82) is 0 Å². The third kappa shape index (κ3) is 2.79. The summed E-state index contributed by atoms with van der Waals surface area (Å²) in [6.07, 6.45) is 2.11. The summed E-state index contributed by atoms with van der Waals surface area (Å²) in [5.74, 6) is 0.975. The summed E-state index contributed by atoms with van der Waals surface area (Å²) < 4.78 is 5.54. The fraction of sp³-hybridized carbons (Fsp3) is 0.636. The van der Waals surface area contributed by atoms with E-state index in [4.69, 9.17) is 22.1 Å². The van der Waals surface area contributed by atoms with E-state index in [9.17, 15) is 0 Å². The summed E-state index contributed by atoms with van der Waals surface area (Å²) in [5, 5.41) is 0.372. The first-order valence-electron chi connectivity index (χ1n) is 5.62. The fourth-order valence-electron chi connectivity index (χ4n) is 2.15. The van der Waals surface area contributed by atoms with E-state index in [2.05, 4.69) is 21.8 Å². The van der Waals surface area contributed by atoms with Crippen molar-refractivity contribution in [2.24, 2.45) is 0 Å². The van der Waals surface area contributed by atoms with Crippen LogP contribution in [0, 0.1) is 0 Å². The molecule has 2 rings (SSSR count).